The van der Waals surface area contributed by atoms with Crippen molar-refractivity contribution < 1.29 is 9.59 Å². The first kappa shape index (κ1) is 20.1. The number of hydrogen-bond acceptors (Lipinski definition) is 6. The number of rotatable bonds is 5. The third-order valence-corrected chi connectivity index (χ3v) is 6.01. The summed E-state index contributed by atoms with van der Waals surface area (Å²) in [5, 5.41) is 12.1. The molecule has 8 nitrogen and oxygen atoms in total. The molecule has 1 aliphatic rings. The number of hydrogen-bond donors (Lipinski definition) is 1. The van der Waals surface area contributed by atoms with Crippen LogP contribution in [0.5, 0.6) is 0 Å². The fourth-order valence-electron chi connectivity index (χ4n) is 3.48. The summed E-state index contributed by atoms with van der Waals surface area (Å²) < 4.78 is 1.97. The number of anilines is 2. The molecule has 1 aromatic carbocycles. The smallest absolute Gasteiger partial charge is 0.250 e. The van der Waals surface area contributed by atoms with E-state index in [1.165, 1.54) is 11.8 Å². The zero-order chi connectivity index (χ0) is 21.3. The number of nitrogens with one attached hydrogen (secondary N) is 1. The molecule has 1 N–H and O–H groups in total. The Morgan fingerprint density at radius 1 is 1.13 bits per heavy atom. The van der Waals surface area contributed by atoms with Gasteiger partial charge >= 0.3 is 0 Å². The fourth-order valence-corrected chi connectivity index (χ4v) is 4.34. The molecule has 0 saturated carbocycles. The Labute approximate surface area is 178 Å². The first-order valence-corrected chi connectivity index (χ1v) is 10.6. The van der Waals surface area contributed by atoms with E-state index in [0.717, 1.165) is 11.4 Å². The lowest BCUT2D eigenvalue weighted by molar-refractivity contribution is -0.125. The van der Waals surface area contributed by atoms with Crippen LogP contribution in [-0.4, -0.2) is 42.9 Å². The van der Waals surface area contributed by atoms with Crippen LogP contribution in [0.15, 0.2) is 53.9 Å². The molecule has 1 aliphatic heterocycles. The van der Waals surface area contributed by atoms with E-state index in [1.807, 2.05) is 41.8 Å². The predicted molar refractivity (Wildman–Crippen MR) is 116 cm³/mol. The van der Waals surface area contributed by atoms with Gasteiger partial charge in [0.2, 0.25) is 11.8 Å². The van der Waals surface area contributed by atoms with Gasteiger partial charge < -0.3 is 9.88 Å². The van der Waals surface area contributed by atoms with Crippen LogP contribution in [-0.2, 0) is 16.1 Å². The number of benzene rings is 1. The summed E-state index contributed by atoms with van der Waals surface area (Å²) in [5.74, 6) is 0.497. The maximum Gasteiger partial charge on any atom is 0.250 e. The second kappa shape index (κ2) is 7.91. The van der Waals surface area contributed by atoms with Crippen molar-refractivity contribution >= 4 is 35.0 Å². The summed E-state index contributed by atoms with van der Waals surface area (Å²) >= 11 is 1.32. The molecule has 0 fully saturated rings. The Bertz CT molecular complexity index is 1100. The minimum absolute atomic E-state index is 0.138. The van der Waals surface area contributed by atoms with Gasteiger partial charge in [0.1, 0.15) is 5.54 Å². The summed E-state index contributed by atoms with van der Waals surface area (Å²) in [6.45, 7) is 6.17. The highest BCUT2D eigenvalue weighted by atomic mass is 32.2. The van der Waals surface area contributed by atoms with Gasteiger partial charge in [-0.2, -0.15) is 0 Å². The molecule has 0 bridgehead atoms. The maximum absolute atomic E-state index is 13.2. The largest absolute Gasteiger partial charge is 0.322 e. The highest BCUT2D eigenvalue weighted by Gasteiger charge is 2.43. The number of pyridine rings is 1. The number of aromatic nitrogens is 4. The number of fused-ring (bicyclic) bond motifs is 1. The Balaban J connectivity index is 1.58. The van der Waals surface area contributed by atoms with Gasteiger partial charge in [-0.3, -0.25) is 19.5 Å². The van der Waals surface area contributed by atoms with E-state index < -0.39 is 5.54 Å². The summed E-state index contributed by atoms with van der Waals surface area (Å²) in [6.07, 6.45) is 3.42. The molecule has 3 aromatic rings. The summed E-state index contributed by atoms with van der Waals surface area (Å²) in [4.78, 5) is 31.4. The van der Waals surface area contributed by atoms with Gasteiger partial charge in [-0.15, -0.1) is 10.2 Å². The first-order chi connectivity index (χ1) is 14.4. The number of carbonyl (C=O) groups excluding carboxylic acids is 2. The highest BCUT2D eigenvalue weighted by molar-refractivity contribution is 7.99. The number of amides is 2. The monoisotopic (exact) mass is 422 g/mol. The first-order valence-electron chi connectivity index (χ1n) is 9.63. The molecule has 30 heavy (non-hydrogen) atoms. The van der Waals surface area contributed by atoms with Crippen molar-refractivity contribution in [3.63, 3.8) is 0 Å². The number of para-hydroxylation sites is 2. The van der Waals surface area contributed by atoms with Crippen molar-refractivity contribution in [1.82, 2.24) is 19.7 Å². The molecule has 0 unspecified atom stereocenters. The molecule has 0 atom stereocenters. The number of carbonyl (C=O) groups is 2. The van der Waals surface area contributed by atoms with E-state index in [4.69, 9.17) is 0 Å². The summed E-state index contributed by atoms with van der Waals surface area (Å²) in [7, 11) is 0. The van der Waals surface area contributed by atoms with Crippen molar-refractivity contribution in [3.8, 4) is 11.4 Å². The van der Waals surface area contributed by atoms with E-state index in [1.54, 1.807) is 37.2 Å². The number of nitrogens with zero attached hydrogens (tertiary/aromatic N) is 5. The van der Waals surface area contributed by atoms with Crippen LogP contribution in [0.2, 0.25) is 0 Å². The van der Waals surface area contributed by atoms with Gasteiger partial charge in [0.15, 0.2) is 11.0 Å². The second-order valence-electron chi connectivity index (χ2n) is 7.33. The standard InChI is InChI=1S/C21H22N6O2S/c1-4-26-18(14-9-11-22-12-10-14)24-25-20(26)30-13-17(28)27-16-8-6-5-7-15(16)23-19(29)21(27,2)3/h5-12H,4,13H2,1-3H3,(H,23,29). The molecular weight excluding hydrogens is 400 g/mol. The van der Waals surface area contributed by atoms with Crippen LogP contribution in [0.3, 0.4) is 0 Å². The molecule has 4 rings (SSSR count). The lowest BCUT2D eigenvalue weighted by Gasteiger charge is -2.42. The van der Waals surface area contributed by atoms with E-state index in [9.17, 15) is 9.59 Å². The second-order valence-corrected chi connectivity index (χ2v) is 8.28. The van der Waals surface area contributed by atoms with Crippen LogP contribution in [0, 0.1) is 0 Å². The molecule has 0 saturated heterocycles. The van der Waals surface area contributed by atoms with Gasteiger partial charge in [0, 0.05) is 24.5 Å². The molecule has 3 heterocycles. The van der Waals surface area contributed by atoms with Crippen LogP contribution in [0.4, 0.5) is 11.4 Å². The lowest BCUT2D eigenvalue weighted by atomic mass is 9.96. The summed E-state index contributed by atoms with van der Waals surface area (Å²) in [5.41, 5.74) is 1.26. The van der Waals surface area contributed by atoms with Crippen LogP contribution < -0.4 is 10.2 Å². The van der Waals surface area contributed by atoms with Crippen molar-refractivity contribution in [2.75, 3.05) is 16.0 Å². The van der Waals surface area contributed by atoms with E-state index >= 15 is 0 Å². The quantitative estimate of drug-likeness (QED) is 0.635. The fraction of sp³-hybridized carbons (Fsp3) is 0.286. The van der Waals surface area contributed by atoms with E-state index in [2.05, 4.69) is 20.5 Å². The molecular formula is C21H22N6O2S. The predicted octanol–water partition coefficient (Wildman–Crippen LogP) is 3.22. The van der Waals surface area contributed by atoms with Gasteiger partial charge in [-0.25, -0.2) is 0 Å². The SMILES string of the molecule is CCn1c(SCC(=O)N2c3ccccc3NC(=O)C2(C)C)nnc1-c1ccncc1. The van der Waals surface area contributed by atoms with Crippen molar-refractivity contribution in [2.24, 2.45) is 0 Å². The van der Waals surface area contributed by atoms with Crippen molar-refractivity contribution in [1.29, 1.82) is 0 Å². The molecule has 0 spiro atoms. The van der Waals surface area contributed by atoms with Gasteiger partial charge in [0.05, 0.1) is 17.1 Å². The third kappa shape index (κ3) is 3.45. The topological polar surface area (TPSA) is 93.0 Å². The van der Waals surface area contributed by atoms with Crippen LogP contribution in [0.1, 0.15) is 20.8 Å². The molecule has 2 amide bonds. The minimum Gasteiger partial charge on any atom is -0.322 e. The third-order valence-electron chi connectivity index (χ3n) is 5.05. The molecule has 9 heteroatoms. The van der Waals surface area contributed by atoms with Crippen molar-refractivity contribution in [3.05, 3.63) is 48.8 Å². The Kier molecular flexibility index (Phi) is 5.29. The molecule has 154 valence electrons. The highest BCUT2D eigenvalue weighted by Crippen LogP contribution is 2.37. The maximum atomic E-state index is 13.2. The van der Waals surface area contributed by atoms with Crippen LogP contribution >= 0.6 is 11.8 Å². The zero-order valence-corrected chi connectivity index (χ0v) is 17.8. The Hall–Kier alpha value is -3.20. The lowest BCUT2D eigenvalue weighted by Crippen LogP contribution is -2.59. The molecule has 0 aliphatic carbocycles. The molecule has 2 aromatic heterocycles. The Morgan fingerprint density at radius 3 is 2.60 bits per heavy atom. The molecule has 0 radical (unpaired) electrons. The minimum atomic E-state index is -0.993. The Morgan fingerprint density at radius 2 is 1.87 bits per heavy atom. The normalized spacial score (nSPS) is 14.9. The van der Waals surface area contributed by atoms with E-state index in [-0.39, 0.29) is 17.6 Å². The van der Waals surface area contributed by atoms with Gasteiger partial charge in [0.25, 0.3) is 0 Å². The zero-order valence-electron chi connectivity index (χ0n) is 17.0. The van der Waals surface area contributed by atoms with Gasteiger partial charge in [-0.1, -0.05) is 23.9 Å². The summed E-state index contributed by atoms with van der Waals surface area (Å²) in [6, 6.07) is 11.1. The van der Waals surface area contributed by atoms with Gasteiger partial charge in [-0.05, 0) is 45.0 Å². The van der Waals surface area contributed by atoms with Crippen molar-refractivity contribution in [2.45, 2.75) is 38.0 Å². The average molecular weight is 423 g/mol. The average Bonchev–Trinajstić information content (AvgIpc) is 3.16. The van der Waals surface area contributed by atoms with E-state index in [0.29, 0.717) is 23.1 Å². The van der Waals surface area contributed by atoms with Crippen LogP contribution in [0.25, 0.3) is 11.4 Å². The number of thioether (sulfide) groups is 1.